The van der Waals surface area contributed by atoms with Gasteiger partial charge in [0.05, 0.1) is 23.7 Å². The molecule has 0 aliphatic rings. The van der Waals surface area contributed by atoms with E-state index in [0.29, 0.717) is 16.7 Å². The molecule has 2 aromatic carbocycles. The third-order valence-electron chi connectivity index (χ3n) is 3.25. The Balaban J connectivity index is 2.21. The van der Waals surface area contributed by atoms with Crippen molar-refractivity contribution in [2.45, 2.75) is 6.42 Å². The van der Waals surface area contributed by atoms with Crippen molar-refractivity contribution in [1.82, 2.24) is 9.78 Å². The molecule has 2 N–H and O–H groups in total. The number of fused-ring (bicyclic) bond motifs is 1. The molecule has 1 heterocycles. The van der Waals surface area contributed by atoms with Gasteiger partial charge in [0.15, 0.2) is 0 Å². The zero-order valence-electron chi connectivity index (χ0n) is 11.5. The van der Waals surface area contributed by atoms with Gasteiger partial charge in [-0.05, 0) is 29.8 Å². The summed E-state index contributed by atoms with van der Waals surface area (Å²) in [5.74, 6) is 0.386. The van der Waals surface area contributed by atoms with Crippen LogP contribution in [0.2, 0.25) is 0 Å². The van der Waals surface area contributed by atoms with Crippen LogP contribution in [0.4, 0.5) is 10.6 Å². The largest absolute Gasteiger partial charge is 0.465 e. The topological polar surface area (TPSA) is 90.9 Å². The van der Waals surface area contributed by atoms with E-state index in [1.54, 1.807) is 22.9 Å². The van der Waals surface area contributed by atoms with Gasteiger partial charge in [-0.1, -0.05) is 24.3 Å². The van der Waals surface area contributed by atoms with Gasteiger partial charge >= 0.3 is 6.09 Å². The van der Waals surface area contributed by atoms with E-state index in [9.17, 15) is 4.79 Å². The lowest BCUT2D eigenvalue weighted by Gasteiger charge is -2.06. The maximum Gasteiger partial charge on any atom is 0.410 e. The third-order valence-corrected chi connectivity index (χ3v) is 3.25. The first-order chi connectivity index (χ1) is 10.7. The van der Waals surface area contributed by atoms with Crippen LogP contribution in [0.25, 0.3) is 16.6 Å². The van der Waals surface area contributed by atoms with Crippen molar-refractivity contribution in [1.29, 1.82) is 5.26 Å². The van der Waals surface area contributed by atoms with Gasteiger partial charge in [-0.3, -0.25) is 5.32 Å². The second-order valence-electron chi connectivity index (χ2n) is 4.71. The number of nitrogens with one attached hydrogen (secondary N) is 1. The van der Waals surface area contributed by atoms with Crippen LogP contribution < -0.4 is 5.32 Å². The van der Waals surface area contributed by atoms with Gasteiger partial charge in [-0.2, -0.15) is 10.4 Å². The highest BCUT2D eigenvalue weighted by atomic mass is 16.4. The van der Waals surface area contributed by atoms with E-state index < -0.39 is 6.09 Å². The van der Waals surface area contributed by atoms with E-state index >= 15 is 0 Å². The van der Waals surface area contributed by atoms with Gasteiger partial charge in [-0.15, -0.1) is 0 Å². The maximum absolute atomic E-state index is 11.1. The standard InChI is InChI=1S/C16H12N4O2/c17-9-8-11-6-7-13-14(10-11)19-20(15(13)18-16(21)22)12-4-2-1-3-5-12/h1-7,10,18H,8H2,(H,21,22). The lowest BCUT2D eigenvalue weighted by molar-refractivity contribution is 0.209. The van der Waals surface area contributed by atoms with Crippen LogP contribution in [-0.2, 0) is 6.42 Å². The summed E-state index contributed by atoms with van der Waals surface area (Å²) in [6.45, 7) is 0. The van der Waals surface area contributed by atoms with Crippen LogP contribution in [0, 0.1) is 11.3 Å². The molecule has 22 heavy (non-hydrogen) atoms. The molecule has 6 heteroatoms. The molecule has 0 fully saturated rings. The molecular weight excluding hydrogens is 280 g/mol. The molecule has 3 aromatic rings. The number of carbonyl (C=O) groups is 1. The minimum Gasteiger partial charge on any atom is -0.465 e. The highest BCUT2D eigenvalue weighted by Crippen LogP contribution is 2.27. The second kappa shape index (κ2) is 5.58. The summed E-state index contributed by atoms with van der Waals surface area (Å²) in [7, 11) is 0. The summed E-state index contributed by atoms with van der Waals surface area (Å²) in [6.07, 6.45) is -0.865. The van der Waals surface area contributed by atoms with Crippen LogP contribution in [0.3, 0.4) is 0 Å². The number of amides is 1. The minimum absolute atomic E-state index is 0.288. The van der Waals surface area contributed by atoms with E-state index in [0.717, 1.165) is 11.3 Å². The van der Waals surface area contributed by atoms with Crippen molar-refractivity contribution in [3.05, 3.63) is 54.1 Å². The number of hydrogen-bond acceptors (Lipinski definition) is 3. The zero-order valence-corrected chi connectivity index (χ0v) is 11.5. The molecule has 0 radical (unpaired) electrons. The fourth-order valence-corrected chi connectivity index (χ4v) is 2.31. The van der Waals surface area contributed by atoms with Gasteiger partial charge in [0, 0.05) is 5.39 Å². The summed E-state index contributed by atoms with van der Waals surface area (Å²) in [5, 5.41) is 25.4. The quantitative estimate of drug-likeness (QED) is 0.775. The monoisotopic (exact) mass is 292 g/mol. The van der Waals surface area contributed by atoms with E-state index in [2.05, 4.69) is 16.5 Å². The van der Waals surface area contributed by atoms with Gasteiger partial charge in [0.1, 0.15) is 5.82 Å². The Kier molecular flexibility index (Phi) is 3.46. The van der Waals surface area contributed by atoms with Gasteiger partial charge in [0.2, 0.25) is 0 Å². The Bertz CT molecular complexity index is 878. The normalized spacial score (nSPS) is 10.3. The Labute approximate surface area is 126 Å². The highest BCUT2D eigenvalue weighted by molar-refractivity contribution is 5.97. The van der Waals surface area contributed by atoms with Crippen molar-refractivity contribution < 1.29 is 9.90 Å². The second-order valence-corrected chi connectivity index (χ2v) is 4.71. The SMILES string of the molecule is N#CCc1ccc2c(NC(=O)O)n(-c3ccccc3)nc2c1. The molecular formula is C16H12N4O2. The van der Waals surface area contributed by atoms with Gasteiger partial charge in [-0.25, -0.2) is 9.48 Å². The fourth-order valence-electron chi connectivity index (χ4n) is 2.31. The van der Waals surface area contributed by atoms with Crippen LogP contribution in [0.1, 0.15) is 5.56 Å². The van der Waals surface area contributed by atoms with Crippen molar-refractivity contribution in [2.75, 3.05) is 5.32 Å². The molecule has 0 bridgehead atoms. The summed E-state index contributed by atoms with van der Waals surface area (Å²) in [4.78, 5) is 11.1. The van der Waals surface area contributed by atoms with E-state index in [1.165, 1.54) is 0 Å². The summed E-state index contributed by atoms with van der Waals surface area (Å²) >= 11 is 0. The van der Waals surface area contributed by atoms with Crippen molar-refractivity contribution in [3.8, 4) is 11.8 Å². The van der Waals surface area contributed by atoms with Gasteiger partial charge in [0.25, 0.3) is 0 Å². The summed E-state index contributed by atoms with van der Waals surface area (Å²) < 4.78 is 1.55. The number of nitrogens with zero attached hydrogens (tertiary/aromatic N) is 3. The molecule has 0 aliphatic heterocycles. The molecule has 0 atom stereocenters. The Morgan fingerprint density at radius 1 is 1.27 bits per heavy atom. The molecule has 1 aromatic heterocycles. The van der Waals surface area contributed by atoms with Crippen molar-refractivity contribution in [3.63, 3.8) is 0 Å². The molecule has 1 amide bonds. The average Bonchev–Trinajstić information content (AvgIpc) is 2.86. The van der Waals surface area contributed by atoms with Crippen LogP contribution >= 0.6 is 0 Å². The maximum atomic E-state index is 11.1. The molecule has 0 spiro atoms. The Hall–Kier alpha value is -3.33. The molecule has 0 unspecified atom stereocenters. The molecule has 3 rings (SSSR count). The lowest BCUT2D eigenvalue weighted by Crippen LogP contribution is -2.12. The van der Waals surface area contributed by atoms with E-state index in [4.69, 9.17) is 10.4 Å². The van der Waals surface area contributed by atoms with Crippen molar-refractivity contribution >= 4 is 22.8 Å². The summed E-state index contributed by atoms with van der Waals surface area (Å²) in [5.41, 5.74) is 2.24. The molecule has 108 valence electrons. The average molecular weight is 292 g/mol. The van der Waals surface area contributed by atoms with Gasteiger partial charge < -0.3 is 5.11 Å². The van der Waals surface area contributed by atoms with Crippen LogP contribution in [0.15, 0.2) is 48.5 Å². The van der Waals surface area contributed by atoms with Crippen molar-refractivity contribution in [2.24, 2.45) is 0 Å². The number of carboxylic acid groups (broad SMARTS) is 1. The first-order valence-corrected chi connectivity index (χ1v) is 6.63. The lowest BCUT2D eigenvalue weighted by atomic mass is 10.1. The number of para-hydroxylation sites is 1. The summed E-state index contributed by atoms with van der Waals surface area (Å²) in [6, 6.07) is 16.7. The number of aromatic nitrogens is 2. The first kappa shape index (κ1) is 13.6. The molecule has 0 saturated carbocycles. The number of rotatable bonds is 3. The number of anilines is 1. The molecule has 6 nitrogen and oxygen atoms in total. The Morgan fingerprint density at radius 3 is 2.73 bits per heavy atom. The Morgan fingerprint density at radius 2 is 2.05 bits per heavy atom. The van der Waals surface area contributed by atoms with Crippen LogP contribution in [0.5, 0.6) is 0 Å². The highest BCUT2D eigenvalue weighted by Gasteiger charge is 2.15. The van der Waals surface area contributed by atoms with E-state index in [1.807, 2.05) is 30.3 Å². The third kappa shape index (κ3) is 2.47. The van der Waals surface area contributed by atoms with Crippen LogP contribution in [-0.4, -0.2) is 21.0 Å². The fraction of sp³-hybridized carbons (Fsp3) is 0.0625. The zero-order chi connectivity index (χ0) is 15.5. The number of benzene rings is 2. The number of nitriles is 1. The predicted octanol–water partition coefficient (Wildman–Crippen LogP) is 3.18. The molecule has 0 saturated heterocycles. The van der Waals surface area contributed by atoms with E-state index in [-0.39, 0.29) is 6.42 Å². The minimum atomic E-state index is -1.15. The number of hydrogen-bond donors (Lipinski definition) is 2. The smallest absolute Gasteiger partial charge is 0.410 e. The first-order valence-electron chi connectivity index (χ1n) is 6.63. The predicted molar refractivity (Wildman–Crippen MR) is 82.0 cm³/mol. The molecule has 0 aliphatic carbocycles.